The Hall–Kier alpha value is -1.79. The summed E-state index contributed by atoms with van der Waals surface area (Å²) in [5.74, 6) is -0.389. The third-order valence-electron chi connectivity index (χ3n) is 5.28. The zero-order valence-corrected chi connectivity index (χ0v) is 17.1. The van der Waals surface area contributed by atoms with Crippen LogP contribution in [0.4, 0.5) is 4.79 Å². The van der Waals surface area contributed by atoms with Crippen LogP contribution in [0, 0.1) is 11.8 Å². The van der Waals surface area contributed by atoms with E-state index in [1.807, 2.05) is 20.8 Å². The maximum Gasteiger partial charge on any atom is 0.410 e. The molecule has 1 N–H and O–H groups in total. The predicted molar refractivity (Wildman–Crippen MR) is 101 cm³/mol. The SMILES string of the molecule is C[C@@H]1CCCC[C@H]1NC(=O)COC(=O)C1CCN(C(=O)OC(C)(C)C)CC1. The van der Waals surface area contributed by atoms with E-state index in [9.17, 15) is 14.4 Å². The molecule has 0 aromatic rings. The molecule has 0 spiro atoms. The molecule has 0 radical (unpaired) electrons. The van der Waals surface area contributed by atoms with Gasteiger partial charge in [-0.15, -0.1) is 0 Å². The van der Waals surface area contributed by atoms with Crippen molar-refractivity contribution in [2.75, 3.05) is 19.7 Å². The van der Waals surface area contributed by atoms with Gasteiger partial charge in [-0.2, -0.15) is 0 Å². The fourth-order valence-corrected chi connectivity index (χ4v) is 3.66. The number of rotatable bonds is 4. The number of hydrogen-bond acceptors (Lipinski definition) is 5. The number of likely N-dealkylation sites (tertiary alicyclic amines) is 1. The predicted octanol–water partition coefficient (Wildman–Crippen LogP) is 2.87. The van der Waals surface area contributed by atoms with Crippen LogP contribution in [0.5, 0.6) is 0 Å². The molecule has 7 heteroatoms. The van der Waals surface area contributed by atoms with Crippen LogP contribution in [0.2, 0.25) is 0 Å². The van der Waals surface area contributed by atoms with Crippen LogP contribution >= 0.6 is 0 Å². The Morgan fingerprint density at radius 2 is 1.67 bits per heavy atom. The summed E-state index contributed by atoms with van der Waals surface area (Å²) < 4.78 is 10.6. The molecule has 2 fully saturated rings. The number of ether oxygens (including phenoxy) is 2. The lowest BCUT2D eigenvalue weighted by atomic mass is 9.86. The monoisotopic (exact) mass is 382 g/mol. The second-order valence-electron chi connectivity index (χ2n) is 8.79. The van der Waals surface area contributed by atoms with Gasteiger partial charge in [0.15, 0.2) is 6.61 Å². The fraction of sp³-hybridized carbons (Fsp3) is 0.850. The number of carbonyl (C=O) groups excluding carboxylic acids is 3. The minimum Gasteiger partial charge on any atom is -0.455 e. The smallest absolute Gasteiger partial charge is 0.410 e. The van der Waals surface area contributed by atoms with Crippen LogP contribution in [-0.2, 0) is 19.1 Å². The fourth-order valence-electron chi connectivity index (χ4n) is 3.66. The van der Waals surface area contributed by atoms with Gasteiger partial charge >= 0.3 is 12.1 Å². The zero-order valence-electron chi connectivity index (χ0n) is 17.1. The van der Waals surface area contributed by atoms with Gasteiger partial charge in [0, 0.05) is 19.1 Å². The van der Waals surface area contributed by atoms with E-state index in [0.29, 0.717) is 31.8 Å². The number of nitrogens with zero attached hydrogens (tertiary/aromatic N) is 1. The van der Waals surface area contributed by atoms with Crippen LogP contribution < -0.4 is 5.32 Å². The summed E-state index contributed by atoms with van der Waals surface area (Å²) in [5.41, 5.74) is -0.532. The summed E-state index contributed by atoms with van der Waals surface area (Å²) in [6, 6.07) is 0.182. The molecule has 27 heavy (non-hydrogen) atoms. The molecule has 1 saturated heterocycles. The van der Waals surface area contributed by atoms with Gasteiger partial charge < -0.3 is 19.7 Å². The molecule has 1 aliphatic carbocycles. The highest BCUT2D eigenvalue weighted by molar-refractivity contribution is 5.81. The first-order chi connectivity index (χ1) is 12.7. The first kappa shape index (κ1) is 21.5. The van der Waals surface area contributed by atoms with E-state index in [0.717, 1.165) is 19.3 Å². The van der Waals surface area contributed by atoms with E-state index in [-0.39, 0.29) is 36.5 Å². The summed E-state index contributed by atoms with van der Waals surface area (Å²) in [6.07, 6.45) is 5.16. The number of nitrogens with one attached hydrogen (secondary N) is 1. The van der Waals surface area contributed by atoms with E-state index < -0.39 is 5.60 Å². The third kappa shape index (κ3) is 7.03. The minimum absolute atomic E-state index is 0.182. The number of carbonyl (C=O) groups is 3. The molecule has 0 bridgehead atoms. The molecule has 0 aromatic heterocycles. The van der Waals surface area contributed by atoms with Gasteiger partial charge in [0.2, 0.25) is 0 Å². The number of esters is 1. The van der Waals surface area contributed by atoms with Gasteiger partial charge in [-0.05, 0) is 52.4 Å². The minimum atomic E-state index is -0.532. The highest BCUT2D eigenvalue weighted by atomic mass is 16.6. The average Bonchev–Trinajstić information content (AvgIpc) is 2.60. The summed E-state index contributed by atoms with van der Waals surface area (Å²) >= 11 is 0. The van der Waals surface area contributed by atoms with Crippen molar-refractivity contribution in [3.63, 3.8) is 0 Å². The van der Waals surface area contributed by atoms with E-state index in [1.165, 1.54) is 6.42 Å². The molecular formula is C20H34N2O5. The molecule has 2 amide bonds. The van der Waals surface area contributed by atoms with Crippen molar-refractivity contribution in [1.82, 2.24) is 10.2 Å². The molecule has 2 rings (SSSR count). The van der Waals surface area contributed by atoms with Crippen molar-refractivity contribution in [2.45, 2.75) is 77.9 Å². The normalized spacial score (nSPS) is 24.2. The molecule has 2 atom stereocenters. The summed E-state index contributed by atoms with van der Waals surface area (Å²) in [5, 5.41) is 2.99. The van der Waals surface area contributed by atoms with Gasteiger partial charge in [-0.1, -0.05) is 19.8 Å². The third-order valence-corrected chi connectivity index (χ3v) is 5.28. The first-order valence-electron chi connectivity index (χ1n) is 10.1. The van der Waals surface area contributed by atoms with Crippen molar-refractivity contribution in [3.8, 4) is 0 Å². The van der Waals surface area contributed by atoms with Crippen molar-refractivity contribution in [3.05, 3.63) is 0 Å². The summed E-state index contributed by atoms with van der Waals surface area (Å²) in [4.78, 5) is 38.0. The molecule has 7 nitrogen and oxygen atoms in total. The number of hydrogen-bond donors (Lipinski definition) is 1. The zero-order chi connectivity index (χ0) is 20.0. The van der Waals surface area contributed by atoms with Crippen molar-refractivity contribution >= 4 is 18.0 Å². The van der Waals surface area contributed by atoms with E-state index >= 15 is 0 Å². The second kappa shape index (κ2) is 9.42. The number of amides is 2. The molecule has 1 saturated carbocycles. The van der Waals surface area contributed by atoms with Crippen LogP contribution in [0.3, 0.4) is 0 Å². The Balaban J connectivity index is 1.68. The van der Waals surface area contributed by atoms with Gasteiger partial charge in [-0.25, -0.2) is 4.79 Å². The molecule has 1 aliphatic heterocycles. The Bertz CT molecular complexity index is 535. The Labute approximate surface area is 162 Å². The first-order valence-corrected chi connectivity index (χ1v) is 10.1. The van der Waals surface area contributed by atoms with E-state index in [1.54, 1.807) is 4.90 Å². The van der Waals surface area contributed by atoms with Crippen LogP contribution in [-0.4, -0.2) is 54.2 Å². The summed E-state index contributed by atoms with van der Waals surface area (Å²) in [6.45, 7) is 8.32. The average molecular weight is 383 g/mol. The van der Waals surface area contributed by atoms with Crippen LogP contribution in [0.25, 0.3) is 0 Å². The largest absolute Gasteiger partial charge is 0.455 e. The Morgan fingerprint density at radius 3 is 2.26 bits per heavy atom. The Morgan fingerprint density at radius 1 is 1.04 bits per heavy atom. The molecule has 2 aliphatic rings. The maximum atomic E-state index is 12.2. The van der Waals surface area contributed by atoms with Gasteiger partial charge in [0.05, 0.1) is 5.92 Å². The van der Waals surface area contributed by atoms with E-state index in [2.05, 4.69) is 12.2 Å². The lowest BCUT2D eigenvalue weighted by Gasteiger charge is -2.32. The lowest BCUT2D eigenvalue weighted by Crippen LogP contribution is -2.44. The van der Waals surface area contributed by atoms with Gasteiger partial charge in [0.1, 0.15) is 5.60 Å². The Kier molecular flexibility index (Phi) is 7.50. The summed E-state index contributed by atoms with van der Waals surface area (Å²) in [7, 11) is 0. The quantitative estimate of drug-likeness (QED) is 0.756. The van der Waals surface area contributed by atoms with Crippen LogP contribution in [0.1, 0.15) is 66.2 Å². The van der Waals surface area contributed by atoms with Crippen molar-refractivity contribution in [1.29, 1.82) is 0 Å². The molecule has 1 heterocycles. The van der Waals surface area contributed by atoms with Crippen molar-refractivity contribution in [2.24, 2.45) is 11.8 Å². The van der Waals surface area contributed by atoms with E-state index in [4.69, 9.17) is 9.47 Å². The van der Waals surface area contributed by atoms with Gasteiger partial charge in [0.25, 0.3) is 5.91 Å². The number of piperidine rings is 1. The standard InChI is InChI=1S/C20H34N2O5/c1-14-7-5-6-8-16(14)21-17(23)13-26-18(24)15-9-11-22(12-10-15)19(25)27-20(2,3)4/h14-16H,5-13H2,1-4H3,(H,21,23)/t14-,16-/m1/s1. The van der Waals surface area contributed by atoms with Crippen molar-refractivity contribution < 1.29 is 23.9 Å². The highest BCUT2D eigenvalue weighted by Gasteiger charge is 2.31. The molecule has 0 aromatic carbocycles. The highest BCUT2D eigenvalue weighted by Crippen LogP contribution is 2.24. The topological polar surface area (TPSA) is 84.9 Å². The van der Waals surface area contributed by atoms with Gasteiger partial charge in [-0.3, -0.25) is 9.59 Å². The lowest BCUT2D eigenvalue weighted by molar-refractivity contribution is -0.154. The maximum absolute atomic E-state index is 12.2. The van der Waals surface area contributed by atoms with Crippen LogP contribution in [0.15, 0.2) is 0 Å². The molecular weight excluding hydrogens is 348 g/mol. The molecule has 154 valence electrons. The second-order valence-corrected chi connectivity index (χ2v) is 8.79. The molecule has 0 unspecified atom stereocenters.